The Morgan fingerprint density at radius 2 is 2.47 bits per heavy atom. The Kier molecular flexibility index (Phi) is 3.87. The first-order valence-electron chi connectivity index (χ1n) is 3.99. The highest BCUT2D eigenvalue weighted by Crippen LogP contribution is 2.12. The topological polar surface area (TPSA) is 101 Å². The monoisotopic (exact) mass is 228 g/mol. The standard InChI is InChI=1S/C8H9ClN4O2/c9-6-3-11-2-1-5(6)8(14)12-4-7(10)13-15/h1-3,15H,4H2,(H2,10,13)(H,12,14). The molecule has 0 aliphatic carbocycles. The van der Waals surface area contributed by atoms with Crippen LogP contribution in [0.25, 0.3) is 0 Å². The maximum atomic E-state index is 11.5. The minimum atomic E-state index is -0.408. The molecule has 15 heavy (non-hydrogen) atoms. The summed E-state index contributed by atoms with van der Waals surface area (Å²) in [6.07, 6.45) is 2.81. The molecule has 1 amide bonds. The number of oxime groups is 1. The molecule has 0 saturated heterocycles. The number of nitrogens with one attached hydrogen (secondary N) is 1. The van der Waals surface area contributed by atoms with Gasteiger partial charge >= 0.3 is 0 Å². The predicted octanol–water partition coefficient (Wildman–Crippen LogP) is 0.211. The summed E-state index contributed by atoms with van der Waals surface area (Å²) in [5.41, 5.74) is 5.47. The molecule has 0 aliphatic rings. The number of nitrogens with two attached hydrogens (primary N) is 1. The number of rotatable bonds is 3. The molecule has 0 spiro atoms. The Morgan fingerprint density at radius 1 is 1.73 bits per heavy atom. The molecule has 1 rings (SSSR count). The molecule has 0 aliphatic heterocycles. The van der Waals surface area contributed by atoms with E-state index in [1.54, 1.807) is 0 Å². The van der Waals surface area contributed by atoms with Crippen LogP contribution in [0.5, 0.6) is 0 Å². The van der Waals surface area contributed by atoms with Gasteiger partial charge in [-0.15, -0.1) is 0 Å². The Balaban J connectivity index is 2.66. The first-order chi connectivity index (χ1) is 7.15. The van der Waals surface area contributed by atoms with Crippen molar-refractivity contribution in [2.24, 2.45) is 10.9 Å². The van der Waals surface area contributed by atoms with Crippen molar-refractivity contribution in [3.63, 3.8) is 0 Å². The van der Waals surface area contributed by atoms with Gasteiger partial charge in [0.1, 0.15) is 0 Å². The van der Waals surface area contributed by atoms with E-state index in [-0.39, 0.29) is 23.0 Å². The minimum absolute atomic E-state index is 0.0476. The van der Waals surface area contributed by atoms with Crippen LogP contribution in [0.4, 0.5) is 0 Å². The van der Waals surface area contributed by atoms with Gasteiger partial charge in [-0.25, -0.2) is 0 Å². The number of hydrogen-bond acceptors (Lipinski definition) is 4. The molecule has 6 nitrogen and oxygen atoms in total. The third-order valence-corrected chi connectivity index (χ3v) is 1.88. The molecule has 0 saturated carbocycles. The Bertz CT molecular complexity index is 394. The van der Waals surface area contributed by atoms with E-state index < -0.39 is 5.91 Å². The normalized spacial score (nSPS) is 11.1. The van der Waals surface area contributed by atoms with Crippen LogP contribution in [-0.2, 0) is 0 Å². The van der Waals surface area contributed by atoms with Crippen LogP contribution >= 0.6 is 11.6 Å². The molecule has 0 unspecified atom stereocenters. The van der Waals surface area contributed by atoms with Crippen LogP contribution in [0.15, 0.2) is 23.6 Å². The van der Waals surface area contributed by atoms with Crippen LogP contribution in [-0.4, -0.2) is 28.5 Å². The zero-order valence-corrected chi connectivity index (χ0v) is 8.40. The van der Waals surface area contributed by atoms with Gasteiger partial charge in [-0.05, 0) is 6.07 Å². The van der Waals surface area contributed by atoms with Crippen LogP contribution in [0.3, 0.4) is 0 Å². The quantitative estimate of drug-likeness (QED) is 0.298. The largest absolute Gasteiger partial charge is 0.409 e. The van der Waals surface area contributed by atoms with E-state index in [0.29, 0.717) is 0 Å². The van der Waals surface area contributed by atoms with Gasteiger partial charge in [0.25, 0.3) is 5.91 Å². The third kappa shape index (κ3) is 3.10. The van der Waals surface area contributed by atoms with Gasteiger partial charge in [0.05, 0.1) is 17.1 Å². The van der Waals surface area contributed by atoms with E-state index in [1.807, 2.05) is 0 Å². The zero-order valence-electron chi connectivity index (χ0n) is 7.64. The van der Waals surface area contributed by atoms with E-state index in [0.717, 1.165) is 0 Å². The summed E-state index contributed by atoms with van der Waals surface area (Å²) in [6.45, 7) is -0.0476. The van der Waals surface area contributed by atoms with Crippen LogP contribution in [0.1, 0.15) is 10.4 Å². The van der Waals surface area contributed by atoms with Gasteiger partial charge < -0.3 is 16.3 Å². The van der Waals surface area contributed by atoms with E-state index in [4.69, 9.17) is 22.5 Å². The third-order valence-electron chi connectivity index (χ3n) is 1.58. The van der Waals surface area contributed by atoms with Crippen molar-refractivity contribution in [2.75, 3.05) is 6.54 Å². The zero-order chi connectivity index (χ0) is 11.3. The number of nitrogens with zero attached hydrogens (tertiary/aromatic N) is 2. The Morgan fingerprint density at radius 3 is 3.07 bits per heavy atom. The van der Waals surface area contributed by atoms with Gasteiger partial charge in [-0.2, -0.15) is 0 Å². The van der Waals surface area contributed by atoms with Gasteiger partial charge in [0.2, 0.25) is 0 Å². The molecule has 1 aromatic heterocycles. The second kappa shape index (κ2) is 5.16. The lowest BCUT2D eigenvalue weighted by Gasteiger charge is -2.04. The van der Waals surface area contributed by atoms with E-state index in [1.165, 1.54) is 18.5 Å². The van der Waals surface area contributed by atoms with Gasteiger partial charge in [-0.3, -0.25) is 9.78 Å². The van der Waals surface area contributed by atoms with Crippen molar-refractivity contribution in [1.82, 2.24) is 10.3 Å². The lowest BCUT2D eigenvalue weighted by atomic mass is 10.2. The molecule has 1 aromatic rings. The first-order valence-corrected chi connectivity index (χ1v) is 4.37. The fourth-order valence-corrected chi connectivity index (χ4v) is 1.07. The van der Waals surface area contributed by atoms with Crippen LogP contribution in [0, 0.1) is 0 Å². The fourth-order valence-electron chi connectivity index (χ4n) is 0.861. The van der Waals surface area contributed by atoms with E-state index in [2.05, 4.69) is 15.5 Å². The minimum Gasteiger partial charge on any atom is -0.409 e. The smallest absolute Gasteiger partial charge is 0.253 e. The Hall–Kier alpha value is -1.82. The molecule has 0 aromatic carbocycles. The number of hydrogen-bond donors (Lipinski definition) is 3. The van der Waals surface area contributed by atoms with Crippen molar-refractivity contribution < 1.29 is 10.0 Å². The first kappa shape index (κ1) is 11.3. The van der Waals surface area contributed by atoms with Gasteiger partial charge in [0.15, 0.2) is 5.84 Å². The molecule has 0 radical (unpaired) electrons. The van der Waals surface area contributed by atoms with Gasteiger partial charge in [0, 0.05) is 12.4 Å². The van der Waals surface area contributed by atoms with E-state index in [9.17, 15) is 4.79 Å². The second-order valence-corrected chi connectivity index (χ2v) is 3.04. The van der Waals surface area contributed by atoms with Crippen molar-refractivity contribution in [2.45, 2.75) is 0 Å². The highest BCUT2D eigenvalue weighted by Gasteiger charge is 2.09. The molecular formula is C8H9ClN4O2. The highest BCUT2D eigenvalue weighted by atomic mass is 35.5. The number of carbonyl (C=O) groups is 1. The van der Waals surface area contributed by atoms with Crippen molar-refractivity contribution in [3.8, 4) is 0 Å². The molecule has 4 N–H and O–H groups in total. The fraction of sp³-hybridized carbons (Fsp3) is 0.125. The molecule has 0 bridgehead atoms. The molecule has 0 atom stereocenters. The summed E-state index contributed by atoms with van der Waals surface area (Å²) in [5.74, 6) is -0.498. The molecular weight excluding hydrogens is 220 g/mol. The summed E-state index contributed by atoms with van der Waals surface area (Å²) in [4.78, 5) is 15.2. The number of amidine groups is 1. The number of halogens is 1. The van der Waals surface area contributed by atoms with Gasteiger partial charge in [-0.1, -0.05) is 16.8 Å². The van der Waals surface area contributed by atoms with Crippen molar-refractivity contribution >= 4 is 23.3 Å². The Labute approximate surface area is 90.7 Å². The SMILES string of the molecule is NC(CNC(=O)c1ccncc1Cl)=NO. The lowest BCUT2D eigenvalue weighted by Crippen LogP contribution is -2.33. The van der Waals surface area contributed by atoms with E-state index >= 15 is 0 Å². The van der Waals surface area contributed by atoms with Crippen molar-refractivity contribution in [3.05, 3.63) is 29.0 Å². The molecule has 80 valence electrons. The number of amides is 1. The number of aromatic nitrogens is 1. The summed E-state index contributed by atoms with van der Waals surface area (Å²) in [5, 5.41) is 13.6. The predicted molar refractivity (Wildman–Crippen MR) is 55.0 cm³/mol. The summed E-state index contributed by atoms with van der Waals surface area (Å²) < 4.78 is 0. The molecule has 7 heteroatoms. The summed E-state index contributed by atoms with van der Waals surface area (Å²) in [6, 6.07) is 1.48. The highest BCUT2D eigenvalue weighted by molar-refractivity contribution is 6.33. The maximum Gasteiger partial charge on any atom is 0.253 e. The average Bonchev–Trinajstić information content (AvgIpc) is 2.26. The molecule has 0 fully saturated rings. The maximum absolute atomic E-state index is 11.5. The number of carbonyl (C=O) groups excluding carboxylic acids is 1. The second-order valence-electron chi connectivity index (χ2n) is 2.63. The average molecular weight is 229 g/mol. The lowest BCUT2D eigenvalue weighted by molar-refractivity contribution is 0.0959. The summed E-state index contributed by atoms with van der Waals surface area (Å²) >= 11 is 5.73. The van der Waals surface area contributed by atoms with Crippen molar-refractivity contribution in [1.29, 1.82) is 0 Å². The number of pyridine rings is 1. The van der Waals surface area contributed by atoms with Crippen LogP contribution < -0.4 is 11.1 Å². The molecule has 1 heterocycles. The summed E-state index contributed by atoms with van der Waals surface area (Å²) in [7, 11) is 0. The van der Waals surface area contributed by atoms with Crippen LogP contribution in [0.2, 0.25) is 5.02 Å².